The minimum absolute atomic E-state index is 0.0432. The molecule has 5 nitrogen and oxygen atoms in total. The Morgan fingerprint density at radius 2 is 1.93 bits per heavy atom. The number of nitrogens with zero attached hydrogens (tertiary/aromatic N) is 1. The molecule has 0 saturated heterocycles. The Balaban J connectivity index is 1.78. The fraction of sp³-hybridized carbons (Fsp3) is 0.579. The summed E-state index contributed by atoms with van der Waals surface area (Å²) < 4.78 is 48.6. The third kappa shape index (κ3) is 3.37. The molecule has 2 aliphatic heterocycles. The van der Waals surface area contributed by atoms with E-state index in [2.05, 4.69) is 15.3 Å². The Bertz CT molecular complexity index is 817. The number of ether oxygens (including phenoxy) is 2. The van der Waals surface area contributed by atoms with Gasteiger partial charge in [-0.3, -0.25) is 4.79 Å². The van der Waals surface area contributed by atoms with Gasteiger partial charge in [-0.15, -0.1) is 13.2 Å². The minimum Gasteiger partial charge on any atom is -0.486 e. The van der Waals surface area contributed by atoms with Crippen molar-refractivity contribution in [2.75, 3.05) is 0 Å². The molecular weight excluding hydrogens is 361 g/mol. The maximum Gasteiger partial charge on any atom is 0.573 e. The highest BCUT2D eigenvalue weighted by Gasteiger charge is 2.43. The fourth-order valence-electron chi connectivity index (χ4n) is 4.37. The zero-order valence-corrected chi connectivity index (χ0v) is 15.2. The molecule has 1 aromatic rings. The number of carbonyl (C=O) groups excluding carboxylic acids is 1. The van der Waals surface area contributed by atoms with Gasteiger partial charge in [-0.1, -0.05) is 12.8 Å². The van der Waals surface area contributed by atoms with Crippen molar-refractivity contribution >= 4 is 11.6 Å². The predicted molar refractivity (Wildman–Crippen MR) is 91.7 cm³/mol. The molecule has 2 atom stereocenters. The van der Waals surface area contributed by atoms with Gasteiger partial charge in [0.25, 0.3) is 0 Å². The van der Waals surface area contributed by atoms with Crippen LogP contribution in [0.3, 0.4) is 0 Å². The van der Waals surface area contributed by atoms with E-state index in [1.165, 1.54) is 6.07 Å². The third-order valence-corrected chi connectivity index (χ3v) is 5.44. The average molecular weight is 382 g/mol. The summed E-state index contributed by atoms with van der Waals surface area (Å²) in [4.78, 5) is 12.2. The van der Waals surface area contributed by atoms with Crippen LogP contribution in [-0.2, 0) is 11.2 Å². The number of rotatable bonds is 2. The molecule has 1 N–H and O–H groups in total. The molecule has 1 amide bonds. The normalized spacial score (nSPS) is 26.4. The molecule has 0 spiro atoms. The van der Waals surface area contributed by atoms with Crippen LogP contribution in [0.4, 0.5) is 13.2 Å². The van der Waals surface area contributed by atoms with Gasteiger partial charge in [-0.2, -0.15) is 5.10 Å². The van der Waals surface area contributed by atoms with Crippen molar-refractivity contribution < 1.29 is 27.4 Å². The van der Waals surface area contributed by atoms with Crippen molar-refractivity contribution in [3.8, 4) is 11.5 Å². The monoisotopic (exact) mass is 382 g/mol. The number of hydrazone groups is 1. The Kier molecular flexibility index (Phi) is 4.12. The first kappa shape index (κ1) is 18.1. The number of benzene rings is 1. The molecule has 8 heteroatoms. The molecule has 0 bridgehead atoms. The maximum absolute atomic E-state index is 12.8. The van der Waals surface area contributed by atoms with Gasteiger partial charge >= 0.3 is 6.36 Å². The fourth-order valence-corrected chi connectivity index (χ4v) is 4.37. The molecule has 146 valence electrons. The van der Waals surface area contributed by atoms with Gasteiger partial charge in [0.1, 0.15) is 17.1 Å². The van der Waals surface area contributed by atoms with Crippen LogP contribution in [0.25, 0.3) is 0 Å². The highest BCUT2D eigenvalue weighted by atomic mass is 19.4. The number of nitrogens with one attached hydrogen (secondary N) is 1. The van der Waals surface area contributed by atoms with Crippen LogP contribution in [0.15, 0.2) is 17.2 Å². The van der Waals surface area contributed by atoms with E-state index < -0.39 is 12.0 Å². The third-order valence-electron chi connectivity index (χ3n) is 5.44. The lowest BCUT2D eigenvalue weighted by Gasteiger charge is -2.34. The highest BCUT2D eigenvalue weighted by molar-refractivity contribution is 6.09. The van der Waals surface area contributed by atoms with E-state index in [0.29, 0.717) is 29.0 Å². The molecule has 2 heterocycles. The van der Waals surface area contributed by atoms with E-state index >= 15 is 0 Å². The van der Waals surface area contributed by atoms with E-state index in [0.717, 1.165) is 25.7 Å². The molecule has 1 aromatic carbocycles. The summed E-state index contributed by atoms with van der Waals surface area (Å²) >= 11 is 0. The number of hydrogen-bond acceptors (Lipinski definition) is 4. The van der Waals surface area contributed by atoms with Gasteiger partial charge in [0.05, 0.1) is 5.71 Å². The van der Waals surface area contributed by atoms with Gasteiger partial charge < -0.3 is 9.47 Å². The topological polar surface area (TPSA) is 59.9 Å². The standard InChI is InChI=1S/C19H21F3N2O3/c1-18(2)9-13-14(26-19(20,21)22)8-7-12(16(13)27-18)15-10-5-3-4-6-11(10)17(25)24-23-15/h7-8,10-11H,3-6,9H2,1-2H3,(H,24,25). The Hall–Kier alpha value is -2.25. The van der Waals surface area contributed by atoms with Gasteiger partial charge in [0.2, 0.25) is 5.91 Å². The van der Waals surface area contributed by atoms with E-state index in [-0.39, 0.29) is 23.5 Å². The van der Waals surface area contributed by atoms with Crippen molar-refractivity contribution in [3.63, 3.8) is 0 Å². The van der Waals surface area contributed by atoms with Gasteiger partial charge in [0, 0.05) is 29.4 Å². The van der Waals surface area contributed by atoms with Crippen LogP contribution < -0.4 is 14.9 Å². The van der Waals surface area contributed by atoms with Crippen LogP contribution in [0.2, 0.25) is 0 Å². The van der Waals surface area contributed by atoms with Gasteiger partial charge in [-0.25, -0.2) is 5.43 Å². The summed E-state index contributed by atoms with van der Waals surface area (Å²) in [6, 6.07) is 2.88. The highest BCUT2D eigenvalue weighted by Crippen LogP contribution is 2.46. The van der Waals surface area contributed by atoms with Crippen molar-refractivity contribution in [1.29, 1.82) is 0 Å². The van der Waals surface area contributed by atoms with E-state index in [1.54, 1.807) is 6.07 Å². The van der Waals surface area contributed by atoms with Crippen molar-refractivity contribution in [2.24, 2.45) is 16.9 Å². The maximum atomic E-state index is 12.8. The second-order valence-corrected chi connectivity index (χ2v) is 7.98. The second-order valence-electron chi connectivity index (χ2n) is 7.98. The zero-order valence-electron chi connectivity index (χ0n) is 15.2. The minimum atomic E-state index is -4.77. The summed E-state index contributed by atoms with van der Waals surface area (Å²) in [6.07, 6.45) is -0.865. The number of amides is 1. The predicted octanol–water partition coefficient (Wildman–Crippen LogP) is 3.94. The summed E-state index contributed by atoms with van der Waals surface area (Å²) in [5, 5.41) is 4.27. The van der Waals surface area contributed by atoms with Gasteiger partial charge in [0.15, 0.2) is 0 Å². The summed E-state index contributed by atoms with van der Waals surface area (Å²) in [5.41, 5.74) is 3.65. The number of hydrogen-bond donors (Lipinski definition) is 1. The SMILES string of the molecule is CC1(C)Cc2c(OC(F)(F)F)ccc(C3=NNC(=O)C4CCCCC34)c2O1. The molecule has 1 fully saturated rings. The van der Waals surface area contributed by atoms with Crippen LogP contribution in [0.5, 0.6) is 11.5 Å². The van der Waals surface area contributed by atoms with Crippen LogP contribution in [-0.4, -0.2) is 23.6 Å². The van der Waals surface area contributed by atoms with E-state index in [4.69, 9.17) is 4.74 Å². The van der Waals surface area contributed by atoms with Gasteiger partial charge in [-0.05, 0) is 38.8 Å². The summed E-state index contributed by atoms with van der Waals surface area (Å²) in [7, 11) is 0. The van der Waals surface area contributed by atoms with Crippen molar-refractivity contribution in [1.82, 2.24) is 5.43 Å². The Morgan fingerprint density at radius 1 is 1.22 bits per heavy atom. The largest absolute Gasteiger partial charge is 0.573 e. The lowest BCUT2D eigenvalue weighted by Crippen LogP contribution is -2.43. The summed E-state index contributed by atoms with van der Waals surface area (Å²) in [6.45, 7) is 3.64. The van der Waals surface area contributed by atoms with Crippen LogP contribution >= 0.6 is 0 Å². The van der Waals surface area contributed by atoms with Crippen LogP contribution in [0, 0.1) is 11.8 Å². The lowest BCUT2D eigenvalue weighted by atomic mass is 9.73. The molecule has 3 aliphatic rings. The van der Waals surface area contributed by atoms with E-state index in [9.17, 15) is 18.0 Å². The molecule has 0 aromatic heterocycles. The Morgan fingerprint density at radius 3 is 2.63 bits per heavy atom. The first-order valence-electron chi connectivity index (χ1n) is 9.13. The molecule has 2 unspecified atom stereocenters. The number of halogens is 3. The smallest absolute Gasteiger partial charge is 0.486 e. The first-order chi connectivity index (χ1) is 12.6. The molecule has 27 heavy (non-hydrogen) atoms. The van der Waals surface area contributed by atoms with Crippen LogP contribution in [0.1, 0.15) is 50.7 Å². The first-order valence-corrected chi connectivity index (χ1v) is 9.13. The zero-order chi connectivity index (χ0) is 19.4. The lowest BCUT2D eigenvalue weighted by molar-refractivity contribution is -0.274. The molecule has 1 saturated carbocycles. The second kappa shape index (κ2) is 6.14. The summed E-state index contributed by atoms with van der Waals surface area (Å²) in [5.74, 6) is -0.146. The number of carbonyl (C=O) groups is 1. The van der Waals surface area contributed by atoms with Crippen molar-refractivity contribution in [2.45, 2.75) is 57.9 Å². The quantitative estimate of drug-likeness (QED) is 0.843. The molecule has 1 aliphatic carbocycles. The van der Waals surface area contributed by atoms with Crippen molar-refractivity contribution in [3.05, 3.63) is 23.3 Å². The molecular formula is C19H21F3N2O3. The number of alkyl halides is 3. The molecule has 0 radical (unpaired) electrons. The Labute approximate surface area is 154 Å². The van der Waals surface area contributed by atoms with E-state index in [1.807, 2.05) is 13.8 Å². The molecule has 4 rings (SSSR count). The average Bonchev–Trinajstić information content (AvgIpc) is 2.91. The number of fused-ring (bicyclic) bond motifs is 2.